The number of ketones is 1. The lowest BCUT2D eigenvalue weighted by Crippen LogP contribution is -2.11. The molecular weight excluding hydrogens is 365 g/mol. The Hall–Kier alpha value is -2.53. The monoisotopic (exact) mass is 389 g/mol. The highest BCUT2D eigenvalue weighted by molar-refractivity contribution is 6.35. The molecule has 1 N–H and O–H groups in total. The van der Waals surface area contributed by atoms with Gasteiger partial charge in [0.2, 0.25) is 0 Å². The first-order valence-electron chi connectivity index (χ1n) is 8.94. The maximum absolute atomic E-state index is 15.4. The highest BCUT2D eigenvalue weighted by Gasteiger charge is 2.25. The number of hydrogen-bond donors (Lipinski definition) is 1. The maximum Gasteiger partial charge on any atom is 0.199 e. The molecule has 0 aliphatic carbocycles. The number of aromatic amines is 1. The van der Waals surface area contributed by atoms with Crippen LogP contribution >= 0.6 is 11.6 Å². The van der Waals surface area contributed by atoms with Gasteiger partial charge in [0.15, 0.2) is 5.78 Å². The summed E-state index contributed by atoms with van der Waals surface area (Å²) in [5.74, 6) is -0.818. The molecule has 0 spiro atoms. The SMILES string of the molecule is CC[C@@H](C[C@H](C)c1cn[nH]c1)c1ccc(Cl)c(C(=O)c2cccnc2)c1F.[HH].[HH]. The Morgan fingerprint density at radius 3 is 2.78 bits per heavy atom. The molecule has 144 valence electrons. The first kappa shape index (κ1) is 19.2. The number of pyridine rings is 1. The number of H-pyrrole nitrogens is 1. The Balaban J connectivity index is 0.00000210. The van der Waals surface area contributed by atoms with Crippen LogP contribution in [0.3, 0.4) is 0 Å². The zero-order chi connectivity index (χ0) is 19.4. The van der Waals surface area contributed by atoms with Crippen molar-refractivity contribution in [1.82, 2.24) is 15.2 Å². The predicted molar refractivity (Wildman–Crippen MR) is 108 cm³/mol. The lowest BCUT2D eigenvalue weighted by Gasteiger charge is -2.21. The molecule has 0 bridgehead atoms. The summed E-state index contributed by atoms with van der Waals surface area (Å²) in [5, 5.41) is 6.91. The van der Waals surface area contributed by atoms with Crippen LogP contribution in [0.4, 0.5) is 4.39 Å². The third-order valence-corrected chi connectivity index (χ3v) is 5.25. The van der Waals surface area contributed by atoms with Gasteiger partial charge in [0.05, 0.1) is 16.8 Å². The van der Waals surface area contributed by atoms with Gasteiger partial charge in [-0.2, -0.15) is 5.10 Å². The molecule has 3 aromatic rings. The molecular formula is C21H25ClFN3O. The molecule has 0 radical (unpaired) electrons. The van der Waals surface area contributed by atoms with Gasteiger partial charge in [-0.15, -0.1) is 0 Å². The van der Waals surface area contributed by atoms with Crippen LogP contribution in [-0.4, -0.2) is 21.0 Å². The highest BCUT2D eigenvalue weighted by atomic mass is 35.5. The van der Waals surface area contributed by atoms with Crippen LogP contribution < -0.4 is 0 Å². The Bertz CT molecular complexity index is 923. The predicted octanol–water partition coefficient (Wildman–Crippen LogP) is 6.01. The number of rotatable bonds is 7. The molecule has 2 atom stereocenters. The van der Waals surface area contributed by atoms with Crippen LogP contribution in [0.5, 0.6) is 0 Å². The van der Waals surface area contributed by atoms with Crippen molar-refractivity contribution in [3.8, 4) is 0 Å². The zero-order valence-corrected chi connectivity index (χ0v) is 16.0. The molecule has 0 saturated heterocycles. The molecule has 0 amide bonds. The van der Waals surface area contributed by atoms with Crippen LogP contribution in [0.1, 0.15) is 68.4 Å². The van der Waals surface area contributed by atoms with E-state index in [0.717, 1.165) is 18.4 Å². The Labute approximate surface area is 165 Å². The van der Waals surface area contributed by atoms with Crippen LogP contribution in [0.25, 0.3) is 0 Å². The van der Waals surface area contributed by atoms with E-state index in [9.17, 15) is 4.79 Å². The van der Waals surface area contributed by atoms with Crippen molar-refractivity contribution in [1.29, 1.82) is 0 Å². The van der Waals surface area contributed by atoms with Crippen LogP contribution in [0, 0.1) is 5.82 Å². The van der Waals surface area contributed by atoms with Crippen molar-refractivity contribution >= 4 is 17.4 Å². The minimum atomic E-state index is -0.539. The van der Waals surface area contributed by atoms with E-state index < -0.39 is 11.6 Å². The minimum absolute atomic E-state index is 0. The highest BCUT2D eigenvalue weighted by Crippen LogP contribution is 2.36. The summed E-state index contributed by atoms with van der Waals surface area (Å²) in [6.07, 6.45) is 8.12. The topological polar surface area (TPSA) is 58.6 Å². The molecule has 4 nitrogen and oxygen atoms in total. The summed E-state index contributed by atoms with van der Waals surface area (Å²) in [4.78, 5) is 16.7. The van der Waals surface area contributed by atoms with Gasteiger partial charge >= 0.3 is 0 Å². The second-order valence-corrected chi connectivity index (χ2v) is 7.08. The molecule has 0 aliphatic rings. The molecule has 6 heteroatoms. The number of benzene rings is 1. The van der Waals surface area contributed by atoms with Crippen LogP contribution in [-0.2, 0) is 0 Å². The van der Waals surface area contributed by atoms with E-state index in [1.54, 1.807) is 36.7 Å². The molecule has 0 fully saturated rings. The van der Waals surface area contributed by atoms with Crippen molar-refractivity contribution in [2.45, 2.75) is 38.5 Å². The Morgan fingerprint density at radius 2 is 2.15 bits per heavy atom. The Morgan fingerprint density at radius 1 is 1.33 bits per heavy atom. The van der Waals surface area contributed by atoms with Gasteiger partial charge in [0.1, 0.15) is 5.82 Å². The molecule has 27 heavy (non-hydrogen) atoms. The quantitative estimate of drug-likeness (QED) is 0.503. The van der Waals surface area contributed by atoms with Gasteiger partial charge in [-0.3, -0.25) is 14.9 Å². The van der Waals surface area contributed by atoms with E-state index >= 15 is 4.39 Å². The van der Waals surface area contributed by atoms with Gasteiger partial charge < -0.3 is 0 Å². The molecule has 0 unspecified atom stereocenters. The number of hydrogen-bond acceptors (Lipinski definition) is 3. The van der Waals surface area contributed by atoms with Crippen molar-refractivity contribution in [2.75, 3.05) is 0 Å². The third-order valence-electron chi connectivity index (χ3n) is 4.93. The summed E-state index contributed by atoms with van der Waals surface area (Å²) in [5.41, 5.74) is 1.82. The van der Waals surface area contributed by atoms with Crippen molar-refractivity contribution in [2.24, 2.45) is 0 Å². The fourth-order valence-corrected chi connectivity index (χ4v) is 3.57. The summed E-state index contributed by atoms with van der Waals surface area (Å²) in [7, 11) is 0. The largest absolute Gasteiger partial charge is 0.288 e. The van der Waals surface area contributed by atoms with Gasteiger partial charge in [0, 0.05) is 27.0 Å². The summed E-state index contributed by atoms with van der Waals surface area (Å²) in [6.45, 7) is 4.10. The van der Waals surface area contributed by atoms with Crippen molar-refractivity contribution in [3.05, 3.63) is 82.1 Å². The fraction of sp³-hybridized carbons (Fsp3) is 0.286. The van der Waals surface area contributed by atoms with Crippen molar-refractivity contribution in [3.63, 3.8) is 0 Å². The second-order valence-electron chi connectivity index (χ2n) is 6.67. The molecule has 2 aromatic heterocycles. The molecule has 0 saturated carbocycles. The molecule has 3 rings (SSSR count). The van der Waals surface area contributed by atoms with E-state index in [1.807, 2.05) is 13.1 Å². The second kappa shape index (κ2) is 8.44. The third kappa shape index (κ3) is 4.08. The first-order valence-corrected chi connectivity index (χ1v) is 9.32. The summed E-state index contributed by atoms with van der Waals surface area (Å²) < 4.78 is 15.4. The van der Waals surface area contributed by atoms with Gasteiger partial charge in [-0.05, 0) is 54.0 Å². The normalized spacial score (nSPS) is 13.3. The number of nitrogens with zero attached hydrogens (tertiary/aromatic N) is 2. The summed E-state index contributed by atoms with van der Waals surface area (Å²) >= 11 is 6.19. The number of nitrogens with one attached hydrogen (secondary N) is 1. The zero-order valence-electron chi connectivity index (χ0n) is 15.2. The number of carbonyl (C=O) groups is 1. The molecule has 0 aliphatic heterocycles. The van der Waals surface area contributed by atoms with Crippen LogP contribution in [0.15, 0.2) is 49.1 Å². The van der Waals surface area contributed by atoms with E-state index in [1.165, 1.54) is 6.20 Å². The van der Waals surface area contributed by atoms with E-state index in [-0.39, 0.29) is 25.3 Å². The van der Waals surface area contributed by atoms with Gasteiger partial charge in [-0.1, -0.05) is 31.5 Å². The van der Waals surface area contributed by atoms with E-state index in [0.29, 0.717) is 11.1 Å². The van der Waals surface area contributed by atoms with Crippen LogP contribution in [0.2, 0.25) is 5.02 Å². The standard InChI is InChI=1S/C21H21ClFN3O.2H2/c1-3-14(9-13(2)16-11-25-26-12-16)17-6-7-18(22)19(20(17)23)21(27)15-5-4-8-24-10-15;;/h4-8,10-14H,3,9H2,1-2H3,(H,25,26);2*1H/t13-,14-;;/m0../s1. The smallest absolute Gasteiger partial charge is 0.199 e. The van der Waals surface area contributed by atoms with Gasteiger partial charge in [-0.25, -0.2) is 4.39 Å². The number of carbonyl (C=O) groups excluding carboxylic acids is 1. The minimum Gasteiger partial charge on any atom is -0.288 e. The molecule has 2 heterocycles. The lowest BCUT2D eigenvalue weighted by molar-refractivity contribution is 0.103. The molecule has 1 aromatic carbocycles. The lowest BCUT2D eigenvalue weighted by atomic mass is 9.84. The number of halogens is 2. The van der Waals surface area contributed by atoms with E-state index in [2.05, 4.69) is 22.1 Å². The Kier molecular flexibility index (Phi) is 6.01. The first-order chi connectivity index (χ1) is 13.0. The van der Waals surface area contributed by atoms with Crippen molar-refractivity contribution < 1.29 is 12.0 Å². The van der Waals surface area contributed by atoms with E-state index in [4.69, 9.17) is 11.6 Å². The summed E-state index contributed by atoms with van der Waals surface area (Å²) in [6, 6.07) is 6.54. The number of aromatic nitrogens is 3. The average molecular weight is 390 g/mol. The van der Waals surface area contributed by atoms with Gasteiger partial charge in [0.25, 0.3) is 0 Å². The fourth-order valence-electron chi connectivity index (χ4n) is 3.34. The maximum atomic E-state index is 15.4. The average Bonchev–Trinajstić information content (AvgIpc) is 3.22.